The van der Waals surface area contributed by atoms with E-state index in [-0.39, 0.29) is 56.8 Å². The molecule has 2 rings (SSSR count). The lowest BCUT2D eigenvalue weighted by atomic mass is 9.96. The summed E-state index contributed by atoms with van der Waals surface area (Å²) in [5, 5.41) is 6.02. The number of carbonyl (C=O) groups excluding carboxylic acids is 2. The van der Waals surface area contributed by atoms with Gasteiger partial charge in [0.15, 0.2) is 0 Å². The van der Waals surface area contributed by atoms with Crippen molar-refractivity contribution < 1.29 is 30.4 Å². The van der Waals surface area contributed by atoms with E-state index >= 15 is 0 Å². The van der Waals surface area contributed by atoms with Gasteiger partial charge in [-0.25, -0.2) is 4.39 Å². The Balaban J connectivity index is -0.00000182. The highest BCUT2D eigenvalue weighted by molar-refractivity contribution is 6.31. The van der Waals surface area contributed by atoms with E-state index in [0.717, 1.165) is 25.9 Å². The summed E-state index contributed by atoms with van der Waals surface area (Å²) < 4.78 is 13.3. The molecule has 0 aromatic heterocycles. The van der Waals surface area contributed by atoms with Gasteiger partial charge in [-0.15, -0.1) is 12.4 Å². The van der Waals surface area contributed by atoms with Crippen LogP contribution in [0.25, 0.3) is 0 Å². The lowest BCUT2D eigenvalue weighted by Gasteiger charge is -2.32. The fourth-order valence-electron chi connectivity index (χ4n) is 3.03. The standard InChI is InChI=1S/C19H27ClFN3O2.ClH.3H2O/c1-19(2,3)23-17(25)12-24-6-4-13(5-7-24)11-22-18(26)14-8-15(20)10-16(21)9-14;;;;/h8-10,13H,4-7,11-12H2,1-3H3,(H,22,26)(H,23,25);1H;3*1H2. The number of halogens is 3. The molecule has 0 saturated carbocycles. The van der Waals surface area contributed by atoms with Gasteiger partial charge in [0.25, 0.3) is 5.91 Å². The summed E-state index contributed by atoms with van der Waals surface area (Å²) in [6.07, 6.45) is 1.82. The third-order valence-corrected chi connectivity index (χ3v) is 4.48. The van der Waals surface area contributed by atoms with E-state index in [1.807, 2.05) is 20.8 Å². The molecule has 0 radical (unpaired) electrons. The van der Waals surface area contributed by atoms with Gasteiger partial charge in [0, 0.05) is 22.7 Å². The van der Waals surface area contributed by atoms with Crippen molar-refractivity contribution in [2.24, 2.45) is 5.92 Å². The first-order chi connectivity index (χ1) is 12.1. The van der Waals surface area contributed by atoms with E-state index in [1.165, 1.54) is 18.2 Å². The van der Waals surface area contributed by atoms with Gasteiger partial charge >= 0.3 is 0 Å². The van der Waals surface area contributed by atoms with Crippen molar-refractivity contribution in [2.45, 2.75) is 39.2 Å². The zero-order valence-corrected chi connectivity index (χ0v) is 19.1. The van der Waals surface area contributed by atoms with E-state index in [1.54, 1.807) is 0 Å². The van der Waals surface area contributed by atoms with Gasteiger partial charge < -0.3 is 27.1 Å². The first-order valence-corrected chi connectivity index (χ1v) is 9.28. The van der Waals surface area contributed by atoms with Crippen molar-refractivity contribution in [3.8, 4) is 0 Å². The summed E-state index contributed by atoms with van der Waals surface area (Å²) >= 11 is 5.78. The molecular weight excluding hydrogens is 440 g/mol. The van der Waals surface area contributed by atoms with Crippen LogP contribution in [0.2, 0.25) is 5.02 Å². The monoisotopic (exact) mass is 473 g/mol. The third kappa shape index (κ3) is 11.6. The van der Waals surface area contributed by atoms with Crippen LogP contribution in [0.1, 0.15) is 44.0 Å². The number of benzene rings is 1. The van der Waals surface area contributed by atoms with E-state index in [0.29, 0.717) is 19.0 Å². The molecule has 1 aromatic carbocycles. The number of hydrogen-bond donors (Lipinski definition) is 2. The van der Waals surface area contributed by atoms with Gasteiger partial charge in [0.2, 0.25) is 5.91 Å². The minimum atomic E-state index is -0.524. The van der Waals surface area contributed by atoms with Crippen LogP contribution in [-0.4, -0.2) is 64.9 Å². The Bertz CT molecular complexity index is 646. The molecule has 0 aliphatic carbocycles. The third-order valence-electron chi connectivity index (χ3n) is 4.26. The van der Waals surface area contributed by atoms with Crippen molar-refractivity contribution in [1.82, 2.24) is 15.5 Å². The molecule has 11 heteroatoms. The number of amides is 2. The van der Waals surface area contributed by atoms with Crippen molar-refractivity contribution >= 4 is 35.8 Å². The summed E-state index contributed by atoms with van der Waals surface area (Å²) in [6.45, 7) is 8.48. The van der Waals surface area contributed by atoms with E-state index in [2.05, 4.69) is 15.5 Å². The van der Waals surface area contributed by atoms with Crippen molar-refractivity contribution in [3.63, 3.8) is 0 Å². The fraction of sp³-hybridized carbons (Fsp3) is 0.579. The molecule has 176 valence electrons. The second-order valence-corrected chi connectivity index (χ2v) is 8.32. The van der Waals surface area contributed by atoms with Crippen molar-refractivity contribution in [3.05, 3.63) is 34.6 Å². The first-order valence-electron chi connectivity index (χ1n) is 8.90. The minimum absolute atomic E-state index is 0. The number of hydrogen-bond acceptors (Lipinski definition) is 3. The molecule has 30 heavy (non-hydrogen) atoms. The second-order valence-electron chi connectivity index (χ2n) is 7.89. The highest BCUT2D eigenvalue weighted by atomic mass is 35.5. The first kappa shape index (κ1) is 33.2. The van der Waals surface area contributed by atoms with Crippen LogP contribution in [0.15, 0.2) is 18.2 Å². The Morgan fingerprint density at radius 3 is 2.20 bits per heavy atom. The van der Waals surface area contributed by atoms with Crippen molar-refractivity contribution in [2.75, 3.05) is 26.2 Å². The number of carbonyl (C=O) groups is 2. The van der Waals surface area contributed by atoms with Crippen LogP contribution < -0.4 is 10.6 Å². The number of nitrogens with zero attached hydrogens (tertiary/aromatic N) is 1. The molecule has 2 amide bonds. The van der Waals surface area contributed by atoms with E-state index in [9.17, 15) is 14.0 Å². The molecule has 0 atom stereocenters. The molecule has 1 aromatic rings. The highest BCUT2D eigenvalue weighted by Crippen LogP contribution is 2.17. The van der Waals surface area contributed by atoms with Crippen LogP contribution in [0, 0.1) is 11.7 Å². The molecule has 0 bridgehead atoms. The van der Waals surface area contributed by atoms with Gasteiger partial charge in [-0.1, -0.05) is 11.6 Å². The van der Waals surface area contributed by atoms with Crippen molar-refractivity contribution in [1.29, 1.82) is 0 Å². The topological polar surface area (TPSA) is 156 Å². The predicted molar refractivity (Wildman–Crippen MR) is 119 cm³/mol. The number of rotatable bonds is 5. The highest BCUT2D eigenvalue weighted by Gasteiger charge is 2.23. The van der Waals surface area contributed by atoms with Gasteiger partial charge in [-0.2, -0.15) is 0 Å². The maximum atomic E-state index is 13.3. The average molecular weight is 474 g/mol. The zero-order valence-electron chi connectivity index (χ0n) is 17.5. The molecule has 1 saturated heterocycles. The molecule has 1 heterocycles. The van der Waals surface area contributed by atoms with Crippen LogP contribution >= 0.6 is 24.0 Å². The molecule has 1 aliphatic rings. The van der Waals surface area contributed by atoms with E-state index < -0.39 is 5.82 Å². The Morgan fingerprint density at radius 1 is 1.13 bits per heavy atom. The summed E-state index contributed by atoms with van der Waals surface area (Å²) in [6, 6.07) is 3.80. The van der Waals surface area contributed by atoms with Crippen LogP contribution in [0.5, 0.6) is 0 Å². The number of likely N-dealkylation sites (tertiary alicyclic amines) is 1. The normalized spacial score (nSPS) is 14.2. The molecular formula is C19H34Cl2FN3O5. The van der Waals surface area contributed by atoms with Gasteiger partial charge in [-0.05, 0) is 70.8 Å². The van der Waals surface area contributed by atoms with Gasteiger partial charge in [0.1, 0.15) is 5.82 Å². The Morgan fingerprint density at radius 2 is 1.70 bits per heavy atom. The van der Waals surface area contributed by atoms with Crippen LogP contribution in [-0.2, 0) is 4.79 Å². The lowest BCUT2D eigenvalue weighted by molar-refractivity contribution is -0.124. The van der Waals surface area contributed by atoms with Gasteiger partial charge in [0.05, 0.1) is 6.54 Å². The molecule has 0 spiro atoms. The second kappa shape index (κ2) is 14.5. The Labute approximate surface area is 187 Å². The number of nitrogens with one attached hydrogen (secondary N) is 2. The smallest absolute Gasteiger partial charge is 0.251 e. The predicted octanol–water partition coefficient (Wildman–Crippen LogP) is 0.783. The molecule has 8 nitrogen and oxygen atoms in total. The Kier molecular flexibility index (Phi) is 16.0. The molecule has 1 aliphatic heterocycles. The fourth-order valence-corrected chi connectivity index (χ4v) is 3.26. The van der Waals surface area contributed by atoms with Crippen LogP contribution in [0.3, 0.4) is 0 Å². The largest absolute Gasteiger partial charge is 0.412 e. The Hall–Kier alpha value is -1.49. The molecule has 1 fully saturated rings. The van der Waals surface area contributed by atoms with Gasteiger partial charge in [-0.3, -0.25) is 14.5 Å². The van der Waals surface area contributed by atoms with E-state index in [4.69, 9.17) is 11.6 Å². The summed E-state index contributed by atoms with van der Waals surface area (Å²) in [7, 11) is 0. The lowest BCUT2D eigenvalue weighted by Crippen LogP contribution is -2.48. The average Bonchev–Trinajstić information content (AvgIpc) is 2.51. The molecule has 8 N–H and O–H groups in total. The maximum Gasteiger partial charge on any atom is 0.251 e. The number of piperidine rings is 1. The van der Waals surface area contributed by atoms with Crippen LogP contribution in [0.4, 0.5) is 4.39 Å². The molecule has 0 unspecified atom stereocenters. The summed E-state index contributed by atoms with van der Waals surface area (Å²) in [5.41, 5.74) is 0.00532. The summed E-state index contributed by atoms with van der Waals surface area (Å²) in [4.78, 5) is 26.2. The maximum absolute atomic E-state index is 13.3. The SMILES string of the molecule is CC(C)(C)NC(=O)CN1CCC(CNC(=O)c2cc(F)cc(Cl)c2)CC1.Cl.O.O.O. The minimum Gasteiger partial charge on any atom is -0.412 e. The zero-order chi connectivity index (χ0) is 19.3. The quantitative estimate of drug-likeness (QED) is 0.648. The summed E-state index contributed by atoms with van der Waals surface area (Å²) in [5.74, 6) is -0.458.